The number of likely N-dealkylation sites (tertiary alicyclic amines) is 1. The predicted octanol–water partition coefficient (Wildman–Crippen LogP) is 3.49. The quantitative estimate of drug-likeness (QED) is 0.853. The first-order valence-corrected chi connectivity index (χ1v) is 10.2. The molecule has 1 N–H and O–H groups in total. The summed E-state index contributed by atoms with van der Waals surface area (Å²) in [6, 6.07) is 15.2. The van der Waals surface area contributed by atoms with Crippen molar-refractivity contribution < 1.29 is 14.3 Å². The molecule has 150 valence electrons. The van der Waals surface area contributed by atoms with Crippen LogP contribution in [0.25, 0.3) is 0 Å². The summed E-state index contributed by atoms with van der Waals surface area (Å²) in [5.41, 5.74) is 3.92. The Hall–Kier alpha value is -2.86. The molecule has 1 spiro atoms. The van der Waals surface area contributed by atoms with Gasteiger partial charge in [-0.25, -0.2) is 4.79 Å². The number of hydrogen-bond acceptors (Lipinski definition) is 3. The fraction of sp³-hybridized carbons (Fsp3) is 0.391. The summed E-state index contributed by atoms with van der Waals surface area (Å²) in [4.78, 5) is 29.0. The highest BCUT2D eigenvalue weighted by atomic mass is 16.5. The van der Waals surface area contributed by atoms with E-state index in [9.17, 15) is 9.59 Å². The molecule has 2 saturated heterocycles. The second kappa shape index (κ2) is 7.19. The predicted molar refractivity (Wildman–Crippen MR) is 110 cm³/mol. The Balaban J connectivity index is 1.17. The minimum Gasteiger partial charge on any atom is -0.381 e. The van der Waals surface area contributed by atoms with Crippen molar-refractivity contribution in [2.45, 2.75) is 25.9 Å². The third-order valence-electron chi connectivity index (χ3n) is 6.25. The maximum atomic E-state index is 12.7. The van der Waals surface area contributed by atoms with Gasteiger partial charge >= 0.3 is 6.03 Å². The molecule has 3 amide bonds. The van der Waals surface area contributed by atoms with Crippen LogP contribution in [0.3, 0.4) is 0 Å². The number of benzene rings is 2. The van der Waals surface area contributed by atoms with Crippen molar-refractivity contribution in [1.29, 1.82) is 0 Å². The zero-order valence-electron chi connectivity index (χ0n) is 16.4. The monoisotopic (exact) mass is 391 g/mol. The van der Waals surface area contributed by atoms with Crippen molar-refractivity contribution in [3.05, 3.63) is 65.2 Å². The highest BCUT2D eigenvalue weighted by molar-refractivity contribution is 5.96. The first-order chi connectivity index (χ1) is 14.1. The van der Waals surface area contributed by atoms with Crippen LogP contribution < -0.4 is 5.32 Å². The third kappa shape index (κ3) is 3.49. The number of carbonyl (C=O) groups is 2. The lowest BCUT2D eigenvalue weighted by atomic mass is 9.75. The lowest BCUT2D eigenvalue weighted by Gasteiger charge is -2.51. The van der Waals surface area contributed by atoms with Gasteiger partial charge in [0.1, 0.15) is 0 Å². The van der Waals surface area contributed by atoms with Crippen molar-refractivity contribution in [2.75, 3.05) is 31.6 Å². The van der Waals surface area contributed by atoms with Gasteiger partial charge in [0.15, 0.2) is 0 Å². The molecule has 0 saturated carbocycles. The number of urea groups is 1. The molecule has 0 aromatic heterocycles. The van der Waals surface area contributed by atoms with Crippen molar-refractivity contribution in [2.24, 2.45) is 5.41 Å². The van der Waals surface area contributed by atoms with Gasteiger partial charge in [-0.05, 0) is 48.2 Å². The zero-order valence-corrected chi connectivity index (χ0v) is 16.4. The van der Waals surface area contributed by atoms with E-state index in [1.165, 1.54) is 11.1 Å². The van der Waals surface area contributed by atoms with E-state index in [2.05, 4.69) is 17.4 Å². The normalized spacial score (nSPS) is 19.6. The van der Waals surface area contributed by atoms with E-state index < -0.39 is 0 Å². The molecule has 6 nitrogen and oxygen atoms in total. The van der Waals surface area contributed by atoms with Crippen LogP contribution in [0.4, 0.5) is 10.5 Å². The van der Waals surface area contributed by atoms with Gasteiger partial charge in [0.2, 0.25) is 0 Å². The summed E-state index contributed by atoms with van der Waals surface area (Å²) in [7, 11) is 0. The standard InChI is InChI=1S/C23H25N3O3/c27-21(26-14-23(15-26)10-3-11-29-16-23)17-6-8-20(9-7-17)24-22(28)25-12-18-4-1-2-5-19(18)13-25/h1-2,4-9H,3,10-16H2,(H,24,28). The van der Waals surface area contributed by atoms with Gasteiger partial charge in [-0.1, -0.05) is 24.3 Å². The number of rotatable bonds is 2. The molecule has 2 aromatic carbocycles. The highest BCUT2D eigenvalue weighted by Crippen LogP contribution is 2.38. The Kier molecular flexibility index (Phi) is 4.51. The summed E-state index contributed by atoms with van der Waals surface area (Å²) >= 11 is 0. The van der Waals surface area contributed by atoms with E-state index in [4.69, 9.17) is 4.74 Å². The number of carbonyl (C=O) groups excluding carboxylic acids is 2. The Labute approximate surface area is 170 Å². The van der Waals surface area contributed by atoms with Crippen LogP contribution in [0.5, 0.6) is 0 Å². The average molecular weight is 391 g/mol. The summed E-state index contributed by atoms with van der Waals surface area (Å²) < 4.78 is 5.59. The van der Waals surface area contributed by atoms with Crippen LogP contribution in [0.15, 0.2) is 48.5 Å². The number of hydrogen-bond donors (Lipinski definition) is 1. The average Bonchev–Trinajstić information content (AvgIpc) is 3.17. The molecule has 2 fully saturated rings. The van der Waals surface area contributed by atoms with Crippen LogP contribution in [0, 0.1) is 5.41 Å². The van der Waals surface area contributed by atoms with Crippen molar-refractivity contribution in [3.63, 3.8) is 0 Å². The van der Waals surface area contributed by atoms with Gasteiger partial charge in [0, 0.05) is 49.5 Å². The maximum Gasteiger partial charge on any atom is 0.322 e. The van der Waals surface area contributed by atoms with E-state index in [1.54, 1.807) is 29.2 Å². The first kappa shape index (κ1) is 18.2. The molecule has 2 aromatic rings. The number of amides is 3. The second-order valence-electron chi connectivity index (χ2n) is 8.45. The van der Waals surface area contributed by atoms with Gasteiger partial charge in [-0.15, -0.1) is 0 Å². The van der Waals surface area contributed by atoms with E-state index in [1.807, 2.05) is 17.0 Å². The number of nitrogens with zero attached hydrogens (tertiary/aromatic N) is 2. The van der Waals surface area contributed by atoms with E-state index in [0.29, 0.717) is 24.3 Å². The fourth-order valence-corrected chi connectivity index (χ4v) is 4.62. The van der Waals surface area contributed by atoms with E-state index in [-0.39, 0.29) is 17.4 Å². The molecule has 6 heteroatoms. The number of ether oxygens (including phenoxy) is 1. The fourth-order valence-electron chi connectivity index (χ4n) is 4.62. The third-order valence-corrected chi connectivity index (χ3v) is 6.25. The van der Waals surface area contributed by atoms with Gasteiger partial charge in [0.05, 0.1) is 6.61 Å². The Morgan fingerprint density at radius 3 is 2.24 bits per heavy atom. The van der Waals surface area contributed by atoms with E-state index >= 15 is 0 Å². The molecule has 3 heterocycles. The molecular weight excluding hydrogens is 366 g/mol. The Morgan fingerprint density at radius 1 is 0.931 bits per heavy atom. The Bertz CT molecular complexity index is 902. The maximum absolute atomic E-state index is 12.7. The summed E-state index contributed by atoms with van der Waals surface area (Å²) in [5, 5.41) is 2.93. The number of nitrogens with one attached hydrogen (secondary N) is 1. The summed E-state index contributed by atoms with van der Waals surface area (Å²) in [6.07, 6.45) is 2.22. The van der Waals surface area contributed by atoms with Crippen molar-refractivity contribution >= 4 is 17.6 Å². The molecular formula is C23H25N3O3. The van der Waals surface area contributed by atoms with Crippen LogP contribution in [0.1, 0.15) is 34.3 Å². The largest absolute Gasteiger partial charge is 0.381 e. The van der Waals surface area contributed by atoms with Gasteiger partial charge in [-0.2, -0.15) is 0 Å². The van der Waals surface area contributed by atoms with Gasteiger partial charge < -0.3 is 19.9 Å². The lowest BCUT2D eigenvalue weighted by molar-refractivity contribution is -0.0863. The van der Waals surface area contributed by atoms with Gasteiger partial charge in [-0.3, -0.25) is 4.79 Å². The van der Waals surface area contributed by atoms with Crippen LogP contribution in [-0.4, -0.2) is 48.0 Å². The SMILES string of the molecule is O=C(Nc1ccc(C(=O)N2CC3(CCCOC3)C2)cc1)N1Cc2ccccc2C1. The van der Waals surface area contributed by atoms with Gasteiger partial charge in [0.25, 0.3) is 5.91 Å². The Morgan fingerprint density at radius 2 is 1.62 bits per heavy atom. The number of anilines is 1. The molecule has 0 bridgehead atoms. The van der Waals surface area contributed by atoms with Crippen LogP contribution in [0.2, 0.25) is 0 Å². The molecule has 3 aliphatic heterocycles. The summed E-state index contributed by atoms with van der Waals surface area (Å²) in [5.74, 6) is 0.0501. The van der Waals surface area contributed by atoms with E-state index in [0.717, 1.165) is 39.1 Å². The first-order valence-electron chi connectivity index (χ1n) is 10.2. The van der Waals surface area contributed by atoms with Crippen LogP contribution in [-0.2, 0) is 17.8 Å². The molecule has 3 aliphatic rings. The van der Waals surface area contributed by atoms with Crippen LogP contribution >= 0.6 is 0 Å². The minimum absolute atomic E-state index is 0.0501. The van der Waals surface area contributed by atoms with Crippen molar-refractivity contribution in [1.82, 2.24) is 9.80 Å². The molecule has 5 rings (SSSR count). The topological polar surface area (TPSA) is 61.9 Å². The number of fused-ring (bicyclic) bond motifs is 1. The molecule has 29 heavy (non-hydrogen) atoms. The lowest BCUT2D eigenvalue weighted by Crippen LogP contribution is -2.61. The van der Waals surface area contributed by atoms with Crippen molar-refractivity contribution in [3.8, 4) is 0 Å². The summed E-state index contributed by atoms with van der Waals surface area (Å²) in [6.45, 7) is 4.41. The molecule has 0 aliphatic carbocycles. The minimum atomic E-state index is -0.123. The smallest absolute Gasteiger partial charge is 0.322 e. The zero-order chi connectivity index (χ0) is 19.8. The molecule has 0 radical (unpaired) electrons. The second-order valence-corrected chi connectivity index (χ2v) is 8.45. The molecule has 0 unspecified atom stereocenters. The molecule has 0 atom stereocenters. The highest BCUT2D eigenvalue weighted by Gasteiger charge is 2.46.